The fourth-order valence-electron chi connectivity index (χ4n) is 2.65. The number of methoxy groups -OCH3 is 1. The molecule has 0 aromatic rings. The molecule has 1 aliphatic rings. The molecule has 3 atom stereocenters. The average Bonchev–Trinajstić information content (AvgIpc) is 2.48. The van der Waals surface area contributed by atoms with Gasteiger partial charge in [-0.3, -0.25) is 0 Å². The van der Waals surface area contributed by atoms with E-state index < -0.39 is 6.10 Å². The first kappa shape index (κ1) is 17.9. The minimum Gasteiger partial charge on any atom is -0.411 e. The number of aliphatic hydroxyl groups is 1. The van der Waals surface area contributed by atoms with E-state index >= 15 is 0 Å². The predicted octanol–water partition coefficient (Wildman–Crippen LogP) is 3.69. The highest BCUT2D eigenvalue weighted by Gasteiger charge is 2.21. The van der Waals surface area contributed by atoms with Crippen LogP contribution in [0, 0.1) is 5.92 Å². The summed E-state index contributed by atoms with van der Waals surface area (Å²) < 4.78 is 5.39. The minimum atomic E-state index is -0.546. The Morgan fingerprint density at radius 2 is 2.00 bits per heavy atom. The molecule has 0 heterocycles. The van der Waals surface area contributed by atoms with Crippen molar-refractivity contribution in [2.45, 2.75) is 64.6 Å². The van der Waals surface area contributed by atoms with Crippen molar-refractivity contribution in [2.24, 2.45) is 11.1 Å². The van der Waals surface area contributed by atoms with Crippen molar-refractivity contribution in [1.82, 2.24) is 0 Å². The second kappa shape index (κ2) is 9.74. The summed E-state index contributed by atoms with van der Waals surface area (Å²) in [5.74, 6) is 0.0251. The van der Waals surface area contributed by atoms with Crippen LogP contribution in [0.15, 0.2) is 29.0 Å². The molecule has 0 saturated heterocycles. The smallest absolute Gasteiger partial charge is 0.102 e. The zero-order valence-electron chi connectivity index (χ0n) is 13.5. The Balaban J connectivity index is 2.82. The molecule has 0 aliphatic heterocycles. The monoisotopic (exact) mass is 295 g/mol. The van der Waals surface area contributed by atoms with E-state index in [0.717, 1.165) is 44.2 Å². The van der Waals surface area contributed by atoms with E-state index in [1.165, 1.54) is 5.57 Å². The molecule has 0 saturated carbocycles. The summed E-state index contributed by atoms with van der Waals surface area (Å²) in [5.41, 5.74) is 2.07. The van der Waals surface area contributed by atoms with Crippen LogP contribution in [-0.4, -0.2) is 35.3 Å². The largest absolute Gasteiger partial charge is 0.411 e. The van der Waals surface area contributed by atoms with Crippen LogP contribution < -0.4 is 0 Å². The molecule has 21 heavy (non-hydrogen) atoms. The predicted molar refractivity (Wildman–Crippen MR) is 85.8 cm³/mol. The molecular formula is C17H29NO3. The van der Waals surface area contributed by atoms with E-state index in [4.69, 9.17) is 9.94 Å². The maximum Gasteiger partial charge on any atom is 0.102 e. The van der Waals surface area contributed by atoms with Gasteiger partial charge in [0.2, 0.25) is 0 Å². The fourth-order valence-corrected chi connectivity index (χ4v) is 2.65. The molecule has 0 radical (unpaired) electrons. The molecule has 0 fully saturated rings. The van der Waals surface area contributed by atoms with Crippen LogP contribution in [0.2, 0.25) is 0 Å². The van der Waals surface area contributed by atoms with Gasteiger partial charge >= 0.3 is 0 Å². The zero-order chi connectivity index (χ0) is 15.7. The summed E-state index contributed by atoms with van der Waals surface area (Å²) in [5, 5.41) is 22.8. The molecule has 0 bridgehead atoms. The van der Waals surface area contributed by atoms with Gasteiger partial charge in [0.05, 0.1) is 11.8 Å². The van der Waals surface area contributed by atoms with Crippen molar-refractivity contribution >= 4 is 5.71 Å². The number of nitrogens with zero attached hydrogens (tertiary/aromatic N) is 1. The number of aliphatic hydroxyl groups excluding tert-OH is 1. The first-order valence-corrected chi connectivity index (χ1v) is 7.83. The number of hydrogen-bond acceptors (Lipinski definition) is 4. The van der Waals surface area contributed by atoms with Gasteiger partial charge in [-0.15, -0.1) is 0 Å². The van der Waals surface area contributed by atoms with Crippen molar-refractivity contribution in [2.75, 3.05) is 7.11 Å². The molecule has 0 unspecified atom stereocenters. The van der Waals surface area contributed by atoms with Crippen molar-refractivity contribution in [3.05, 3.63) is 23.8 Å². The number of oxime groups is 1. The summed E-state index contributed by atoms with van der Waals surface area (Å²) in [6, 6.07) is 0. The van der Waals surface area contributed by atoms with Gasteiger partial charge in [0.25, 0.3) is 0 Å². The van der Waals surface area contributed by atoms with Crippen LogP contribution >= 0.6 is 0 Å². The lowest BCUT2D eigenvalue weighted by atomic mass is 9.94. The highest BCUT2D eigenvalue weighted by molar-refractivity contribution is 5.84. The Morgan fingerprint density at radius 3 is 2.67 bits per heavy atom. The van der Waals surface area contributed by atoms with Crippen molar-refractivity contribution < 1.29 is 15.1 Å². The Kier molecular flexibility index (Phi) is 8.31. The lowest BCUT2D eigenvalue weighted by molar-refractivity contribution is -0.00187. The topological polar surface area (TPSA) is 62.0 Å². The van der Waals surface area contributed by atoms with Crippen molar-refractivity contribution in [1.29, 1.82) is 0 Å². The first-order chi connectivity index (χ1) is 10.1. The third kappa shape index (κ3) is 6.44. The lowest BCUT2D eigenvalue weighted by Gasteiger charge is -2.23. The number of hydrogen-bond donors (Lipinski definition) is 2. The van der Waals surface area contributed by atoms with Gasteiger partial charge in [0, 0.05) is 13.0 Å². The third-order valence-electron chi connectivity index (χ3n) is 4.06. The van der Waals surface area contributed by atoms with Gasteiger partial charge in [-0.05, 0) is 45.4 Å². The van der Waals surface area contributed by atoms with Gasteiger partial charge in [0.15, 0.2) is 0 Å². The van der Waals surface area contributed by atoms with Crippen LogP contribution in [0.3, 0.4) is 0 Å². The molecule has 0 aromatic carbocycles. The maximum atomic E-state index is 10.4. The summed E-state index contributed by atoms with van der Waals surface area (Å²) in [6.07, 6.45) is 10.8. The van der Waals surface area contributed by atoms with Gasteiger partial charge in [0.1, 0.15) is 6.10 Å². The minimum absolute atomic E-state index is 0.0251. The Morgan fingerprint density at radius 1 is 1.24 bits per heavy atom. The highest BCUT2D eigenvalue weighted by Crippen LogP contribution is 2.18. The summed E-state index contributed by atoms with van der Waals surface area (Å²) in [4.78, 5) is 0. The SMILES string of the molecule is CO[C@H]1/C=C/CCCC/C(=N\O)CC/C(C)=C\[C@@H](C)[C@@H]1O. The van der Waals surface area contributed by atoms with Crippen LogP contribution in [-0.2, 0) is 4.74 Å². The summed E-state index contributed by atoms with van der Waals surface area (Å²) in [7, 11) is 1.63. The quantitative estimate of drug-likeness (QED) is 0.440. The van der Waals surface area contributed by atoms with Crippen molar-refractivity contribution in [3.63, 3.8) is 0 Å². The number of allylic oxidation sites excluding steroid dienone is 2. The molecular weight excluding hydrogens is 266 g/mol. The fraction of sp³-hybridized carbons (Fsp3) is 0.706. The molecule has 0 spiro atoms. The van der Waals surface area contributed by atoms with E-state index in [1.807, 2.05) is 13.0 Å². The second-order valence-electron chi connectivity index (χ2n) is 5.90. The Labute approximate surface area is 128 Å². The van der Waals surface area contributed by atoms with E-state index in [1.54, 1.807) is 7.11 Å². The number of ether oxygens (including phenoxy) is 1. The van der Waals surface area contributed by atoms with Crippen LogP contribution in [0.25, 0.3) is 0 Å². The number of rotatable bonds is 1. The zero-order valence-corrected chi connectivity index (χ0v) is 13.5. The van der Waals surface area contributed by atoms with Gasteiger partial charge in [-0.1, -0.05) is 35.9 Å². The van der Waals surface area contributed by atoms with Gasteiger partial charge in [-0.25, -0.2) is 0 Å². The lowest BCUT2D eigenvalue weighted by Crippen LogP contribution is -2.31. The van der Waals surface area contributed by atoms with E-state index in [-0.39, 0.29) is 12.0 Å². The molecule has 1 rings (SSSR count). The van der Waals surface area contributed by atoms with E-state index in [0.29, 0.717) is 0 Å². The van der Waals surface area contributed by atoms with Crippen LogP contribution in [0.1, 0.15) is 52.4 Å². The first-order valence-electron chi connectivity index (χ1n) is 7.83. The van der Waals surface area contributed by atoms with Gasteiger partial charge < -0.3 is 15.1 Å². The maximum absolute atomic E-state index is 10.4. The highest BCUT2D eigenvalue weighted by atomic mass is 16.5. The summed E-state index contributed by atoms with van der Waals surface area (Å²) in [6.45, 7) is 4.06. The normalized spacial score (nSPS) is 35.7. The van der Waals surface area contributed by atoms with Crippen LogP contribution in [0.4, 0.5) is 0 Å². The molecule has 0 amide bonds. The molecule has 4 heteroatoms. The standard InChI is InChI=1S/C17H29NO3/c1-13-10-11-15(18-20)8-6-4-5-7-9-16(21-3)17(19)14(2)12-13/h7,9,12,14,16-17,19-20H,4-6,8,10-11H2,1-3H3/b9-7+,13-12-,18-15+/t14-,16+,17+/m1/s1. The molecule has 4 nitrogen and oxygen atoms in total. The van der Waals surface area contributed by atoms with E-state index in [9.17, 15) is 5.11 Å². The molecule has 1 aliphatic carbocycles. The summed E-state index contributed by atoms with van der Waals surface area (Å²) >= 11 is 0. The van der Waals surface area contributed by atoms with Crippen molar-refractivity contribution in [3.8, 4) is 0 Å². The Hall–Kier alpha value is -1.13. The van der Waals surface area contributed by atoms with Gasteiger partial charge in [-0.2, -0.15) is 0 Å². The molecule has 2 N–H and O–H groups in total. The second-order valence-corrected chi connectivity index (χ2v) is 5.90. The van der Waals surface area contributed by atoms with E-state index in [2.05, 4.69) is 24.2 Å². The van der Waals surface area contributed by atoms with Crippen LogP contribution in [0.5, 0.6) is 0 Å². The molecule has 0 aromatic heterocycles. The molecule has 120 valence electrons. The third-order valence-corrected chi connectivity index (χ3v) is 4.06. The average molecular weight is 295 g/mol. The Bertz CT molecular complexity index is 387.